The van der Waals surface area contributed by atoms with Crippen molar-refractivity contribution in [2.45, 2.75) is 70.0 Å². The summed E-state index contributed by atoms with van der Waals surface area (Å²) in [4.78, 5) is 14.9. The lowest BCUT2D eigenvalue weighted by Gasteiger charge is -2.43. The Morgan fingerprint density at radius 3 is 2.55 bits per heavy atom. The maximum absolute atomic E-state index is 13.0. The standard InChI is InChI=1S/C23H34Cl2N2O5S/c1-13-11-27(21(29)20-12-31-23(4,5)32-20)7-6-14(13)16(10-22(2,3)33(26)30)15-8-17(24)18(25)9-19(15)28/h8-9,13-14,16,20,28H,6-7,10-12,26H2,1-5H3/t13?,14?,16-,20-,33?/m1/s1. The lowest BCUT2D eigenvalue weighted by atomic mass is 9.71. The van der Waals surface area contributed by atoms with E-state index in [1.807, 2.05) is 18.7 Å². The number of carbonyl (C=O) groups is 1. The summed E-state index contributed by atoms with van der Waals surface area (Å²) < 4.78 is 22.9. The van der Waals surface area contributed by atoms with E-state index in [1.165, 1.54) is 6.07 Å². The van der Waals surface area contributed by atoms with Crippen LogP contribution in [-0.4, -0.2) is 56.5 Å². The van der Waals surface area contributed by atoms with Gasteiger partial charge in [0.05, 0.1) is 32.4 Å². The number of nitrogens with two attached hydrogens (primary N) is 1. The number of ether oxygens (including phenoxy) is 2. The predicted octanol–water partition coefficient (Wildman–Crippen LogP) is 4.21. The van der Waals surface area contributed by atoms with E-state index in [4.69, 9.17) is 37.8 Å². The maximum atomic E-state index is 13.0. The van der Waals surface area contributed by atoms with Gasteiger partial charge in [-0.25, -0.2) is 4.21 Å². The van der Waals surface area contributed by atoms with Gasteiger partial charge in [0.15, 0.2) is 11.9 Å². The zero-order valence-electron chi connectivity index (χ0n) is 19.8. The normalized spacial score (nSPS) is 27.4. The van der Waals surface area contributed by atoms with Crippen LogP contribution in [0.15, 0.2) is 12.1 Å². The number of piperidine rings is 1. The third-order valence-electron chi connectivity index (χ3n) is 6.81. The molecule has 1 aromatic carbocycles. The minimum atomic E-state index is -1.56. The fraction of sp³-hybridized carbons (Fsp3) is 0.696. The molecule has 2 heterocycles. The molecule has 10 heteroatoms. The second kappa shape index (κ2) is 9.99. The highest BCUT2D eigenvalue weighted by atomic mass is 35.5. The number of phenols is 1. The van der Waals surface area contributed by atoms with E-state index >= 15 is 0 Å². The van der Waals surface area contributed by atoms with Gasteiger partial charge in [0.25, 0.3) is 5.91 Å². The molecule has 2 saturated heterocycles. The molecule has 33 heavy (non-hydrogen) atoms. The van der Waals surface area contributed by atoms with Crippen molar-refractivity contribution >= 4 is 40.1 Å². The number of phenolic OH excluding ortho intramolecular Hbond substituents is 1. The Labute approximate surface area is 208 Å². The Kier molecular flexibility index (Phi) is 8.09. The van der Waals surface area contributed by atoms with Crippen LogP contribution < -0.4 is 5.14 Å². The molecule has 0 aromatic heterocycles. The van der Waals surface area contributed by atoms with E-state index in [1.54, 1.807) is 19.9 Å². The fourth-order valence-electron chi connectivity index (χ4n) is 4.93. The van der Waals surface area contributed by atoms with E-state index in [-0.39, 0.29) is 41.0 Å². The van der Waals surface area contributed by atoms with Crippen molar-refractivity contribution in [1.82, 2.24) is 4.90 Å². The molecule has 0 spiro atoms. The highest BCUT2D eigenvalue weighted by molar-refractivity contribution is 7.84. The van der Waals surface area contributed by atoms with Gasteiger partial charge in [-0.3, -0.25) is 9.93 Å². The van der Waals surface area contributed by atoms with Crippen LogP contribution in [0.4, 0.5) is 0 Å². The largest absolute Gasteiger partial charge is 0.508 e. The van der Waals surface area contributed by atoms with Crippen LogP contribution >= 0.6 is 23.2 Å². The highest BCUT2D eigenvalue weighted by Gasteiger charge is 2.43. The first kappa shape index (κ1) is 26.7. The van der Waals surface area contributed by atoms with Crippen LogP contribution in [0, 0.1) is 11.8 Å². The van der Waals surface area contributed by atoms with Crippen LogP contribution in [0.5, 0.6) is 5.75 Å². The quantitative estimate of drug-likeness (QED) is 0.584. The molecule has 5 atom stereocenters. The summed E-state index contributed by atoms with van der Waals surface area (Å²) in [5.74, 6) is -0.722. The molecular weight excluding hydrogens is 487 g/mol. The Morgan fingerprint density at radius 2 is 2.00 bits per heavy atom. The number of amides is 1. The molecule has 3 rings (SSSR count). The number of hydrogen-bond donors (Lipinski definition) is 2. The Hall–Kier alpha value is -0.900. The lowest BCUT2D eigenvalue weighted by molar-refractivity contribution is -0.162. The number of hydrogen-bond acceptors (Lipinski definition) is 5. The summed E-state index contributed by atoms with van der Waals surface area (Å²) in [6.07, 6.45) is 0.595. The van der Waals surface area contributed by atoms with Gasteiger partial charge in [0.1, 0.15) is 5.75 Å². The summed E-state index contributed by atoms with van der Waals surface area (Å²) in [5, 5.41) is 17.1. The molecule has 3 unspecified atom stereocenters. The molecule has 1 amide bonds. The van der Waals surface area contributed by atoms with Crippen LogP contribution in [0.3, 0.4) is 0 Å². The van der Waals surface area contributed by atoms with Crippen molar-refractivity contribution in [3.05, 3.63) is 27.7 Å². The van der Waals surface area contributed by atoms with E-state index in [9.17, 15) is 14.1 Å². The van der Waals surface area contributed by atoms with Crippen molar-refractivity contribution < 1.29 is 23.6 Å². The van der Waals surface area contributed by atoms with E-state index in [0.29, 0.717) is 36.5 Å². The highest BCUT2D eigenvalue weighted by Crippen LogP contribution is 2.46. The molecule has 2 aliphatic rings. The van der Waals surface area contributed by atoms with Crippen molar-refractivity contribution in [2.75, 3.05) is 19.7 Å². The Bertz CT molecular complexity index is 926. The molecule has 0 radical (unpaired) electrons. The minimum absolute atomic E-state index is 0.0532. The summed E-state index contributed by atoms with van der Waals surface area (Å²) >= 11 is 12.4. The number of benzene rings is 1. The Morgan fingerprint density at radius 1 is 1.36 bits per heavy atom. The fourth-order valence-corrected chi connectivity index (χ4v) is 5.60. The third kappa shape index (κ3) is 6.03. The summed E-state index contributed by atoms with van der Waals surface area (Å²) in [7, 11) is -1.56. The number of halogens is 2. The van der Waals surface area contributed by atoms with Crippen LogP contribution in [-0.2, 0) is 25.3 Å². The van der Waals surface area contributed by atoms with Gasteiger partial charge in [0.2, 0.25) is 0 Å². The monoisotopic (exact) mass is 520 g/mol. The predicted molar refractivity (Wildman–Crippen MR) is 131 cm³/mol. The van der Waals surface area contributed by atoms with Crippen molar-refractivity contribution in [2.24, 2.45) is 17.0 Å². The van der Waals surface area contributed by atoms with E-state index in [0.717, 1.165) is 0 Å². The zero-order chi connectivity index (χ0) is 24.7. The maximum Gasteiger partial charge on any atom is 0.254 e. The van der Waals surface area contributed by atoms with Gasteiger partial charge < -0.3 is 19.5 Å². The van der Waals surface area contributed by atoms with Crippen molar-refractivity contribution in [3.63, 3.8) is 0 Å². The minimum Gasteiger partial charge on any atom is -0.508 e. The molecule has 186 valence electrons. The zero-order valence-corrected chi connectivity index (χ0v) is 22.1. The number of carbonyl (C=O) groups excluding carboxylic acids is 1. The molecule has 2 aliphatic heterocycles. The van der Waals surface area contributed by atoms with Crippen molar-refractivity contribution in [3.8, 4) is 5.75 Å². The smallest absolute Gasteiger partial charge is 0.254 e. The lowest BCUT2D eigenvalue weighted by Crippen LogP contribution is -2.49. The molecular formula is C23H34Cl2N2O5S. The summed E-state index contributed by atoms with van der Waals surface area (Å²) in [5.41, 5.74) is 0.661. The average molecular weight is 522 g/mol. The summed E-state index contributed by atoms with van der Waals surface area (Å²) in [6.45, 7) is 10.7. The molecule has 0 aliphatic carbocycles. The molecule has 0 bridgehead atoms. The van der Waals surface area contributed by atoms with Crippen LogP contribution in [0.25, 0.3) is 0 Å². The first-order chi connectivity index (χ1) is 15.2. The summed E-state index contributed by atoms with van der Waals surface area (Å²) in [6, 6.07) is 3.14. The van der Waals surface area contributed by atoms with Gasteiger partial charge in [-0.05, 0) is 69.9 Å². The number of aromatic hydroxyl groups is 1. The molecule has 3 N–H and O–H groups in total. The van der Waals surface area contributed by atoms with Gasteiger partial charge in [-0.1, -0.05) is 30.1 Å². The molecule has 7 nitrogen and oxygen atoms in total. The number of rotatable bonds is 6. The second-order valence-corrected chi connectivity index (χ2v) is 12.7. The second-order valence-electron chi connectivity index (χ2n) is 10.2. The van der Waals surface area contributed by atoms with Gasteiger partial charge in [0, 0.05) is 19.2 Å². The van der Waals surface area contributed by atoms with Crippen LogP contribution in [0.2, 0.25) is 10.0 Å². The Balaban J connectivity index is 1.84. The SMILES string of the molecule is CC1CN(C(=O)[C@H]2COC(C)(C)O2)CCC1[C@@H](CC(C)(C)S(N)=O)c1cc(Cl)c(Cl)cc1O. The van der Waals surface area contributed by atoms with E-state index < -0.39 is 27.6 Å². The number of nitrogens with zero attached hydrogens (tertiary/aromatic N) is 1. The van der Waals surface area contributed by atoms with E-state index in [2.05, 4.69) is 6.92 Å². The first-order valence-electron chi connectivity index (χ1n) is 11.2. The van der Waals surface area contributed by atoms with Gasteiger partial charge in [-0.2, -0.15) is 0 Å². The molecule has 2 fully saturated rings. The first-order valence-corrected chi connectivity index (χ1v) is 13.1. The van der Waals surface area contributed by atoms with Crippen molar-refractivity contribution in [1.29, 1.82) is 0 Å². The topological polar surface area (TPSA) is 102 Å². The number of likely N-dealkylation sites (tertiary alicyclic amines) is 1. The third-order valence-corrected chi connectivity index (χ3v) is 8.79. The van der Waals surface area contributed by atoms with Gasteiger partial charge in [-0.15, -0.1) is 0 Å². The molecule has 1 aromatic rings. The average Bonchev–Trinajstić information content (AvgIpc) is 3.08. The molecule has 0 saturated carbocycles. The van der Waals surface area contributed by atoms with Gasteiger partial charge >= 0.3 is 0 Å². The van der Waals surface area contributed by atoms with Crippen LogP contribution in [0.1, 0.15) is 58.9 Å².